The molecule has 8 nitrogen and oxygen atoms in total. The van der Waals surface area contributed by atoms with Crippen LogP contribution in [-0.4, -0.2) is 48.5 Å². The molecule has 0 radical (unpaired) electrons. The standard InChI is InChI=1S/C14H19N5O3/c1-11-4-3-5-12(2)14(11)19(16-22)13(20)10-17-6-8-18(15-21)9-7-17/h3-5H,6-10H2,1-2H3. The Hall–Kier alpha value is -2.35. The quantitative estimate of drug-likeness (QED) is 0.609. The van der Waals surface area contributed by atoms with E-state index in [9.17, 15) is 14.6 Å². The number of nitroso groups, excluding NO2 is 2. The minimum atomic E-state index is -0.375. The van der Waals surface area contributed by atoms with E-state index < -0.39 is 0 Å². The number of piperazine rings is 1. The van der Waals surface area contributed by atoms with E-state index in [4.69, 9.17) is 0 Å². The maximum Gasteiger partial charge on any atom is 0.264 e. The van der Waals surface area contributed by atoms with Crippen LogP contribution < -0.4 is 5.01 Å². The Morgan fingerprint density at radius 3 is 2.23 bits per heavy atom. The van der Waals surface area contributed by atoms with Crippen LogP contribution in [0.2, 0.25) is 0 Å². The van der Waals surface area contributed by atoms with Gasteiger partial charge < -0.3 is 0 Å². The Labute approximate surface area is 128 Å². The second kappa shape index (κ2) is 7.08. The monoisotopic (exact) mass is 305 g/mol. The first-order valence-corrected chi connectivity index (χ1v) is 7.10. The number of rotatable bonds is 5. The topological polar surface area (TPSA) is 85.7 Å². The van der Waals surface area contributed by atoms with E-state index in [2.05, 4.69) is 10.6 Å². The van der Waals surface area contributed by atoms with Gasteiger partial charge in [-0.05, 0) is 25.0 Å². The molecule has 22 heavy (non-hydrogen) atoms. The van der Waals surface area contributed by atoms with E-state index in [-0.39, 0.29) is 12.5 Å². The molecule has 1 aromatic carbocycles. The van der Waals surface area contributed by atoms with Crippen molar-refractivity contribution in [1.29, 1.82) is 0 Å². The van der Waals surface area contributed by atoms with Crippen molar-refractivity contribution in [2.24, 2.45) is 10.6 Å². The first kappa shape index (κ1) is 16.0. The summed E-state index contributed by atoms with van der Waals surface area (Å²) in [6, 6.07) is 5.54. The molecular weight excluding hydrogens is 286 g/mol. The lowest BCUT2D eigenvalue weighted by atomic mass is 10.1. The molecule has 0 N–H and O–H groups in total. The SMILES string of the molecule is Cc1cccc(C)c1N(N=O)C(=O)CN1CCN(N=O)CC1. The van der Waals surface area contributed by atoms with Gasteiger partial charge >= 0.3 is 0 Å². The molecule has 8 heteroatoms. The van der Waals surface area contributed by atoms with Crippen LogP contribution in [0.3, 0.4) is 0 Å². The number of amides is 1. The molecule has 118 valence electrons. The third-order valence-electron chi connectivity index (χ3n) is 3.79. The minimum Gasteiger partial charge on any atom is -0.291 e. The number of carbonyl (C=O) groups is 1. The fourth-order valence-corrected chi connectivity index (χ4v) is 2.59. The number of carbonyl (C=O) groups excluding carboxylic acids is 1. The first-order valence-electron chi connectivity index (χ1n) is 7.10. The molecule has 0 unspecified atom stereocenters. The maximum atomic E-state index is 12.4. The second-order valence-electron chi connectivity index (χ2n) is 5.34. The maximum absolute atomic E-state index is 12.4. The third-order valence-corrected chi connectivity index (χ3v) is 3.79. The Balaban J connectivity index is 2.07. The van der Waals surface area contributed by atoms with Crippen LogP contribution in [0.5, 0.6) is 0 Å². The molecule has 0 aromatic heterocycles. The average Bonchev–Trinajstić information content (AvgIpc) is 2.51. The Morgan fingerprint density at radius 2 is 1.73 bits per heavy atom. The fraction of sp³-hybridized carbons (Fsp3) is 0.500. The largest absolute Gasteiger partial charge is 0.291 e. The summed E-state index contributed by atoms with van der Waals surface area (Å²) in [5.74, 6) is -0.375. The van der Waals surface area contributed by atoms with Gasteiger partial charge in [-0.3, -0.25) is 14.7 Å². The normalized spacial score (nSPS) is 15.5. The molecule has 2 rings (SSSR count). The highest BCUT2D eigenvalue weighted by Gasteiger charge is 2.25. The van der Waals surface area contributed by atoms with Crippen molar-refractivity contribution in [1.82, 2.24) is 9.91 Å². The fourth-order valence-electron chi connectivity index (χ4n) is 2.59. The summed E-state index contributed by atoms with van der Waals surface area (Å²) in [5, 5.41) is 8.13. The lowest BCUT2D eigenvalue weighted by Gasteiger charge is -2.31. The molecule has 1 aliphatic rings. The molecule has 0 atom stereocenters. The predicted octanol–water partition coefficient (Wildman–Crippen LogP) is 1.62. The summed E-state index contributed by atoms with van der Waals surface area (Å²) < 4.78 is 0. The summed E-state index contributed by atoms with van der Waals surface area (Å²) in [7, 11) is 0. The van der Waals surface area contributed by atoms with Crippen molar-refractivity contribution < 1.29 is 4.79 Å². The van der Waals surface area contributed by atoms with Gasteiger partial charge in [0.2, 0.25) is 0 Å². The zero-order chi connectivity index (χ0) is 16.1. The van der Waals surface area contributed by atoms with Gasteiger partial charge in [0.25, 0.3) is 5.91 Å². The predicted molar refractivity (Wildman–Crippen MR) is 83.0 cm³/mol. The van der Waals surface area contributed by atoms with Gasteiger partial charge in [-0.1, -0.05) is 18.2 Å². The Kier molecular flexibility index (Phi) is 5.16. The highest BCUT2D eigenvalue weighted by molar-refractivity contribution is 5.95. The zero-order valence-electron chi connectivity index (χ0n) is 12.7. The van der Waals surface area contributed by atoms with Crippen molar-refractivity contribution in [2.45, 2.75) is 13.8 Å². The number of hydrogen-bond acceptors (Lipinski definition) is 6. The highest BCUT2D eigenvalue weighted by Crippen LogP contribution is 2.25. The molecule has 1 fully saturated rings. The van der Waals surface area contributed by atoms with Gasteiger partial charge in [0, 0.05) is 13.1 Å². The van der Waals surface area contributed by atoms with E-state index in [0.29, 0.717) is 31.9 Å². The summed E-state index contributed by atoms with van der Waals surface area (Å²) in [6.45, 7) is 5.83. The van der Waals surface area contributed by atoms with E-state index in [1.165, 1.54) is 5.01 Å². The summed E-state index contributed by atoms with van der Waals surface area (Å²) in [4.78, 5) is 35.9. The van der Waals surface area contributed by atoms with Gasteiger partial charge in [-0.2, -0.15) is 5.01 Å². The van der Waals surface area contributed by atoms with E-state index >= 15 is 0 Å². The van der Waals surface area contributed by atoms with E-state index in [1.807, 2.05) is 36.9 Å². The Morgan fingerprint density at radius 1 is 1.14 bits per heavy atom. The number of hydrogen-bond donors (Lipinski definition) is 0. The molecule has 1 heterocycles. The smallest absolute Gasteiger partial charge is 0.264 e. The molecule has 1 aromatic rings. The highest BCUT2D eigenvalue weighted by atomic mass is 16.3. The molecule has 0 saturated carbocycles. The van der Waals surface area contributed by atoms with Crippen LogP contribution in [0.4, 0.5) is 5.69 Å². The number of nitrogens with zero attached hydrogens (tertiary/aromatic N) is 5. The molecule has 1 amide bonds. The van der Waals surface area contributed by atoms with Gasteiger partial charge in [0.15, 0.2) is 0 Å². The molecule has 0 spiro atoms. The first-order chi connectivity index (χ1) is 10.6. The van der Waals surface area contributed by atoms with Crippen molar-refractivity contribution >= 4 is 11.6 Å². The molecule has 1 aliphatic heterocycles. The van der Waals surface area contributed by atoms with E-state index in [0.717, 1.165) is 16.1 Å². The van der Waals surface area contributed by atoms with Gasteiger partial charge in [-0.15, -0.1) is 9.81 Å². The van der Waals surface area contributed by atoms with Crippen LogP contribution in [0.25, 0.3) is 0 Å². The van der Waals surface area contributed by atoms with Crippen LogP contribution in [0, 0.1) is 23.7 Å². The van der Waals surface area contributed by atoms with E-state index in [1.54, 1.807) is 0 Å². The van der Waals surface area contributed by atoms with Crippen LogP contribution >= 0.6 is 0 Å². The van der Waals surface area contributed by atoms with Gasteiger partial charge in [0.1, 0.15) is 0 Å². The lowest BCUT2D eigenvalue weighted by Crippen LogP contribution is -2.48. The minimum absolute atomic E-state index is 0.0895. The Bertz CT molecular complexity index is 549. The molecule has 1 saturated heterocycles. The second-order valence-corrected chi connectivity index (χ2v) is 5.34. The van der Waals surface area contributed by atoms with Crippen molar-refractivity contribution in [3.8, 4) is 0 Å². The molecule has 0 bridgehead atoms. The van der Waals surface area contributed by atoms with Crippen molar-refractivity contribution in [3.63, 3.8) is 0 Å². The summed E-state index contributed by atoms with van der Waals surface area (Å²) in [6.07, 6.45) is 0. The van der Waals surface area contributed by atoms with Crippen molar-refractivity contribution in [3.05, 3.63) is 39.1 Å². The summed E-state index contributed by atoms with van der Waals surface area (Å²) in [5.41, 5.74) is 2.18. The van der Waals surface area contributed by atoms with Crippen molar-refractivity contribution in [2.75, 3.05) is 37.7 Å². The zero-order valence-corrected chi connectivity index (χ0v) is 12.7. The number of aryl methyl sites for hydroxylation is 2. The van der Waals surface area contributed by atoms with Crippen LogP contribution in [0.1, 0.15) is 11.1 Å². The number of anilines is 1. The molecular formula is C14H19N5O3. The van der Waals surface area contributed by atoms with Gasteiger partial charge in [0.05, 0.1) is 35.9 Å². The number of para-hydroxylation sites is 1. The average molecular weight is 305 g/mol. The third kappa shape index (κ3) is 3.45. The van der Waals surface area contributed by atoms with Crippen LogP contribution in [-0.2, 0) is 4.79 Å². The van der Waals surface area contributed by atoms with Gasteiger partial charge in [-0.25, -0.2) is 0 Å². The molecule has 0 aliphatic carbocycles. The van der Waals surface area contributed by atoms with Crippen LogP contribution in [0.15, 0.2) is 28.8 Å². The number of benzene rings is 1. The lowest BCUT2D eigenvalue weighted by molar-refractivity contribution is -0.120. The summed E-state index contributed by atoms with van der Waals surface area (Å²) >= 11 is 0.